The second kappa shape index (κ2) is 8.07. The zero-order valence-corrected chi connectivity index (χ0v) is 24.1. The number of hydrogen-bond donors (Lipinski definition) is 0. The van der Waals surface area contributed by atoms with Gasteiger partial charge in [0.15, 0.2) is 0 Å². The second-order valence-electron chi connectivity index (χ2n) is 10.9. The van der Waals surface area contributed by atoms with E-state index in [1.54, 1.807) is 43.8 Å². The fraction of sp³-hybridized carbons (Fsp3) is 0.333. The van der Waals surface area contributed by atoms with Gasteiger partial charge in [0.25, 0.3) is 0 Å². The van der Waals surface area contributed by atoms with Crippen LogP contribution in [0.5, 0.6) is 0 Å². The Kier molecular flexibility index (Phi) is 5.62. The molecule has 0 amide bonds. The molecule has 1 heterocycles. The zero-order chi connectivity index (χ0) is 22.7. The number of benzene rings is 2. The molecule has 2 heteroatoms. The van der Waals surface area contributed by atoms with Crippen molar-refractivity contribution < 1.29 is 20.3 Å². The third-order valence-electron chi connectivity index (χ3n) is 8.50. The molecule has 0 radical (unpaired) electrons. The molecule has 0 unspecified atom stereocenters. The fourth-order valence-corrected chi connectivity index (χ4v) is 28.0. The van der Waals surface area contributed by atoms with Gasteiger partial charge in [-0.15, -0.1) is 0 Å². The molecule has 0 N–H and O–H groups in total. The third kappa shape index (κ3) is 3.33. The molecule has 32 heavy (non-hydrogen) atoms. The summed E-state index contributed by atoms with van der Waals surface area (Å²) in [7, 11) is -1.67. The first-order valence-electron chi connectivity index (χ1n) is 12.1. The first-order valence-corrected chi connectivity index (χ1v) is 21.1. The maximum absolute atomic E-state index is 3.04. The van der Waals surface area contributed by atoms with E-state index in [1.165, 1.54) is 21.1 Å². The predicted molar refractivity (Wildman–Crippen MR) is 138 cm³/mol. The molecule has 5 rings (SSSR count). The zero-order valence-electron chi connectivity index (χ0n) is 20.6. The summed E-state index contributed by atoms with van der Waals surface area (Å²) in [4.78, 5) is 0. The van der Waals surface area contributed by atoms with Gasteiger partial charge < -0.3 is 0 Å². The van der Waals surface area contributed by atoms with Gasteiger partial charge >= 0.3 is 201 Å². The second-order valence-corrected chi connectivity index (χ2v) is 25.2. The molecule has 0 aromatic heterocycles. The molecule has 0 spiro atoms. The normalized spacial score (nSPS) is 21.4. The molecule has 0 nitrogen and oxygen atoms in total. The molecule has 0 fully saturated rings. The quantitative estimate of drug-likeness (QED) is 0.359. The molecule has 0 saturated heterocycles. The van der Waals surface area contributed by atoms with Crippen LogP contribution in [0.15, 0.2) is 99.9 Å². The van der Waals surface area contributed by atoms with E-state index in [0.717, 1.165) is 0 Å². The van der Waals surface area contributed by atoms with Gasteiger partial charge in [0.1, 0.15) is 0 Å². The van der Waals surface area contributed by atoms with Gasteiger partial charge in [-0.1, -0.05) is 0 Å². The first kappa shape index (κ1) is 22.3. The Morgan fingerprint density at radius 1 is 0.625 bits per heavy atom. The Morgan fingerprint density at radius 3 is 1.38 bits per heavy atom. The molecule has 0 saturated carbocycles. The molecule has 2 aromatic carbocycles. The Labute approximate surface area is 200 Å². The van der Waals surface area contributed by atoms with E-state index in [2.05, 4.69) is 101 Å². The number of allylic oxidation sites excluding steroid dienone is 8. The maximum atomic E-state index is 2.63. The third-order valence-corrected chi connectivity index (χ3v) is 26.0. The fourth-order valence-electron chi connectivity index (χ4n) is 7.66. The summed E-state index contributed by atoms with van der Waals surface area (Å²) in [6, 6.07) is 22.9. The van der Waals surface area contributed by atoms with Gasteiger partial charge in [0.05, 0.1) is 0 Å². The summed E-state index contributed by atoms with van der Waals surface area (Å²) >= 11 is -3.04. The van der Waals surface area contributed by atoms with Crippen molar-refractivity contribution in [2.75, 3.05) is 0 Å². The van der Waals surface area contributed by atoms with E-state index in [4.69, 9.17) is 0 Å². The molecule has 164 valence electrons. The summed E-state index contributed by atoms with van der Waals surface area (Å²) in [6.07, 6.45) is 2.49. The summed E-state index contributed by atoms with van der Waals surface area (Å²) in [5, 5.41) is 3.59. The van der Waals surface area contributed by atoms with E-state index >= 15 is 0 Å². The van der Waals surface area contributed by atoms with Gasteiger partial charge in [0.2, 0.25) is 0 Å². The molecule has 2 aromatic rings. The van der Waals surface area contributed by atoms with Gasteiger partial charge in [-0.25, -0.2) is 0 Å². The Balaban J connectivity index is 1.80. The summed E-state index contributed by atoms with van der Waals surface area (Å²) in [5.41, 5.74) is 9.93. The van der Waals surface area contributed by atoms with Gasteiger partial charge in [-0.3, -0.25) is 0 Å². The van der Waals surface area contributed by atoms with Gasteiger partial charge in [-0.2, -0.15) is 0 Å². The van der Waals surface area contributed by atoms with Crippen LogP contribution in [0, 0.1) is 0 Å². The first-order chi connectivity index (χ1) is 15.3. The van der Waals surface area contributed by atoms with Crippen LogP contribution in [-0.2, 0) is 28.5 Å². The van der Waals surface area contributed by atoms with Crippen LogP contribution in [-0.4, -0.2) is 8.07 Å². The van der Waals surface area contributed by atoms with E-state index in [0.29, 0.717) is 0 Å². The standard InChI is InChI=1S/C16H22Si.2C7H7.Zr/c1-11-7-8-12(2)15(11)17(5,6)16-13(3)9-10-14(16)4;2*1-7-5-3-2-4-6-7;/h7,9H2,1-6H3;2*2-6H,1H2;. The monoisotopic (exact) mass is 514 g/mol. The van der Waals surface area contributed by atoms with Crippen molar-refractivity contribution in [3.8, 4) is 0 Å². The molecule has 4 bridgehead atoms. The van der Waals surface area contributed by atoms with E-state index in [-0.39, 0.29) is 0 Å². The summed E-state index contributed by atoms with van der Waals surface area (Å²) in [5.74, 6) is 0. The van der Waals surface area contributed by atoms with Crippen LogP contribution in [0.2, 0.25) is 13.1 Å². The van der Waals surface area contributed by atoms with Crippen LogP contribution >= 0.6 is 0 Å². The van der Waals surface area contributed by atoms with Crippen LogP contribution in [0.1, 0.15) is 51.7 Å². The van der Waals surface area contributed by atoms with Crippen molar-refractivity contribution in [1.29, 1.82) is 0 Å². The Hall–Kier alpha value is -1.50. The SMILES string of the molecule is CC1=C2C(C)=[C](C1)[Zr]([CH2]c1ccccc1)([CH2]c1ccccc1)[C]1=C(C)C(=C(C)C1)[Si]2(C)C. The number of fused-ring (bicyclic) bond motifs is 2. The van der Waals surface area contributed by atoms with Crippen LogP contribution in [0.25, 0.3) is 0 Å². The van der Waals surface area contributed by atoms with Crippen molar-refractivity contribution >= 4 is 8.07 Å². The Morgan fingerprint density at radius 2 is 1.00 bits per heavy atom. The van der Waals surface area contributed by atoms with E-state index in [9.17, 15) is 0 Å². The Bertz CT molecular complexity index is 1110. The van der Waals surface area contributed by atoms with Gasteiger partial charge in [0, 0.05) is 0 Å². The average Bonchev–Trinajstić information content (AvgIpc) is 3.25. The molecule has 1 aliphatic heterocycles. The molecule has 0 atom stereocenters. The van der Waals surface area contributed by atoms with Crippen LogP contribution < -0.4 is 0 Å². The predicted octanol–water partition coefficient (Wildman–Crippen LogP) is 8.33. The summed E-state index contributed by atoms with van der Waals surface area (Å²) in [6.45, 7) is 15.2. The van der Waals surface area contributed by atoms with Crippen LogP contribution in [0.4, 0.5) is 0 Å². The number of hydrogen-bond acceptors (Lipinski definition) is 0. The summed E-state index contributed by atoms with van der Waals surface area (Å²) < 4.78 is 6.44. The molecular formula is C30H36SiZr. The number of rotatable bonds is 4. The molecule has 2 aliphatic carbocycles. The molecule has 3 aliphatic rings. The van der Waals surface area contributed by atoms with Crippen molar-refractivity contribution in [3.63, 3.8) is 0 Å². The van der Waals surface area contributed by atoms with Crippen LogP contribution in [0.3, 0.4) is 0 Å². The minimum absolute atomic E-state index is 1.25. The van der Waals surface area contributed by atoms with E-state index < -0.39 is 28.3 Å². The van der Waals surface area contributed by atoms with Crippen molar-refractivity contribution in [1.82, 2.24) is 0 Å². The average molecular weight is 516 g/mol. The van der Waals surface area contributed by atoms with E-state index in [1.807, 2.05) is 6.56 Å². The minimum atomic E-state index is -3.04. The van der Waals surface area contributed by atoms with Crippen molar-refractivity contribution in [2.45, 2.75) is 61.9 Å². The van der Waals surface area contributed by atoms with Crippen molar-refractivity contribution in [2.24, 2.45) is 0 Å². The van der Waals surface area contributed by atoms with Gasteiger partial charge in [-0.05, 0) is 0 Å². The topological polar surface area (TPSA) is 0 Å². The molecular weight excluding hydrogens is 480 g/mol. The van der Waals surface area contributed by atoms with Crippen molar-refractivity contribution in [3.05, 3.63) is 111 Å².